The van der Waals surface area contributed by atoms with Gasteiger partial charge in [0.15, 0.2) is 0 Å². The van der Waals surface area contributed by atoms with Crippen molar-refractivity contribution in [3.8, 4) is 5.75 Å². The number of nitrogens with one attached hydrogen (secondary N) is 1. The molecule has 3 aromatic rings. The van der Waals surface area contributed by atoms with E-state index in [1.54, 1.807) is 0 Å². The number of phenols is 1. The smallest absolute Gasteiger partial charge is 0.115 e. The van der Waals surface area contributed by atoms with Gasteiger partial charge in [0.2, 0.25) is 0 Å². The first-order valence-corrected chi connectivity index (χ1v) is 13.4. The maximum atomic E-state index is 10.2. The second-order valence-corrected chi connectivity index (χ2v) is 10.7. The largest absolute Gasteiger partial charge is 0.508 e. The minimum absolute atomic E-state index is 0.359. The number of anilines is 1. The van der Waals surface area contributed by atoms with Gasteiger partial charge in [-0.2, -0.15) is 0 Å². The molecule has 0 saturated carbocycles. The molecular formula is C32H36N2O. The molecule has 3 nitrogen and oxygen atoms in total. The monoisotopic (exact) mass is 464 g/mol. The first-order valence-electron chi connectivity index (χ1n) is 13.4. The SMILES string of the molecule is Oc1ccc2c(c1)CCCC(c1ccccc1)=C2c1ccc(N2CCC3(CCNCC3)CC2)cc1. The van der Waals surface area contributed by atoms with Gasteiger partial charge in [0.05, 0.1) is 0 Å². The van der Waals surface area contributed by atoms with Gasteiger partial charge in [-0.3, -0.25) is 0 Å². The Hall–Kier alpha value is -3.04. The van der Waals surface area contributed by atoms with Gasteiger partial charge in [-0.1, -0.05) is 48.5 Å². The molecule has 35 heavy (non-hydrogen) atoms. The highest BCUT2D eigenvalue weighted by Crippen LogP contribution is 2.43. The van der Waals surface area contributed by atoms with E-state index in [0.717, 1.165) is 19.3 Å². The van der Waals surface area contributed by atoms with Crippen LogP contribution in [0.1, 0.15) is 60.8 Å². The third-order valence-corrected chi connectivity index (χ3v) is 8.66. The Balaban J connectivity index is 1.33. The predicted molar refractivity (Wildman–Crippen MR) is 146 cm³/mol. The summed E-state index contributed by atoms with van der Waals surface area (Å²) < 4.78 is 0. The van der Waals surface area contributed by atoms with Gasteiger partial charge in [0.1, 0.15) is 5.75 Å². The topological polar surface area (TPSA) is 35.5 Å². The number of benzene rings is 3. The van der Waals surface area contributed by atoms with Crippen LogP contribution in [0.4, 0.5) is 5.69 Å². The van der Waals surface area contributed by atoms with Crippen LogP contribution in [0.25, 0.3) is 11.1 Å². The van der Waals surface area contributed by atoms with E-state index < -0.39 is 0 Å². The number of fused-ring (bicyclic) bond motifs is 1. The number of allylic oxidation sites excluding steroid dienone is 1. The van der Waals surface area contributed by atoms with Gasteiger partial charge in [0.25, 0.3) is 0 Å². The maximum absolute atomic E-state index is 10.2. The molecule has 2 N–H and O–H groups in total. The van der Waals surface area contributed by atoms with Crippen LogP contribution in [0.5, 0.6) is 5.75 Å². The second-order valence-electron chi connectivity index (χ2n) is 10.7. The fourth-order valence-electron chi connectivity index (χ4n) is 6.57. The highest BCUT2D eigenvalue weighted by Gasteiger charge is 2.35. The van der Waals surface area contributed by atoms with Crippen LogP contribution in [0.2, 0.25) is 0 Å². The molecule has 0 atom stereocenters. The highest BCUT2D eigenvalue weighted by molar-refractivity contribution is 6.00. The van der Waals surface area contributed by atoms with E-state index in [9.17, 15) is 5.11 Å². The summed E-state index contributed by atoms with van der Waals surface area (Å²) in [5.41, 5.74) is 9.74. The highest BCUT2D eigenvalue weighted by atomic mass is 16.3. The fraction of sp³-hybridized carbons (Fsp3) is 0.375. The number of nitrogens with zero attached hydrogens (tertiary/aromatic N) is 1. The lowest BCUT2D eigenvalue weighted by Crippen LogP contribution is -2.45. The molecule has 2 saturated heterocycles. The molecule has 3 heteroatoms. The molecule has 0 unspecified atom stereocenters. The standard InChI is InChI=1S/C32H36N2O/c35-28-13-14-30-26(23-28)7-4-8-29(24-5-2-1-3-6-24)31(30)25-9-11-27(12-10-25)34-21-17-32(18-22-34)15-19-33-20-16-32/h1-3,5-6,9-14,23,33,35H,4,7-8,15-22H2. The number of aryl methyl sites for hydroxylation is 1. The van der Waals surface area contributed by atoms with E-state index in [4.69, 9.17) is 0 Å². The predicted octanol–water partition coefficient (Wildman–Crippen LogP) is 6.66. The van der Waals surface area contributed by atoms with E-state index in [-0.39, 0.29) is 0 Å². The number of rotatable bonds is 3. The third kappa shape index (κ3) is 4.50. The van der Waals surface area contributed by atoms with Crippen LogP contribution in [0, 0.1) is 5.41 Å². The quantitative estimate of drug-likeness (QED) is 0.455. The molecule has 1 aliphatic carbocycles. The van der Waals surface area contributed by atoms with Crippen LogP contribution in [0.3, 0.4) is 0 Å². The van der Waals surface area contributed by atoms with Crippen molar-refractivity contribution in [3.63, 3.8) is 0 Å². The molecule has 6 rings (SSSR count). The van der Waals surface area contributed by atoms with E-state index >= 15 is 0 Å². The fourth-order valence-corrected chi connectivity index (χ4v) is 6.57. The first kappa shape index (κ1) is 22.4. The summed E-state index contributed by atoms with van der Waals surface area (Å²) in [5.74, 6) is 0.359. The Kier molecular flexibility index (Phi) is 6.12. The summed E-state index contributed by atoms with van der Waals surface area (Å²) >= 11 is 0. The van der Waals surface area contributed by atoms with Crippen molar-refractivity contribution in [2.45, 2.75) is 44.9 Å². The summed E-state index contributed by atoms with van der Waals surface area (Å²) in [6.07, 6.45) is 8.43. The molecule has 2 heterocycles. The normalized spacial score (nSPS) is 19.9. The lowest BCUT2D eigenvalue weighted by molar-refractivity contribution is 0.155. The van der Waals surface area contributed by atoms with E-state index in [2.05, 4.69) is 70.9 Å². The molecule has 2 fully saturated rings. The number of phenolic OH excluding ortho intramolecular Hbond substituents is 1. The van der Waals surface area contributed by atoms with Gasteiger partial charge < -0.3 is 15.3 Å². The summed E-state index contributed by atoms with van der Waals surface area (Å²) in [7, 11) is 0. The number of aromatic hydroxyl groups is 1. The molecular weight excluding hydrogens is 428 g/mol. The second kappa shape index (κ2) is 9.54. The molecule has 3 aromatic carbocycles. The molecule has 0 aromatic heterocycles. The molecule has 180 valence electrons. The van der Waals surface area contributed by atoms with Crippen molar-refractivity contribution < 1.29 is 5.11 Å². The van der Waals surface area contributed by atoms with Crippen molar-refractivity contribution in [2.75, 3.05) is 31.1 Å². The van der Waals surface area contributed by atoms with Gasteiger partial charge >= 0.3 is 0 Å². The molecule has 0 radical (unpaired) electrons. The summed E-state index contributed by atoms with van der Waals surface area (Å²) in [6.45, 7) is 4.71. The van der Waals surface area contributed by atoms with Gasteiger partial charge in [0, 0.05) is 18.8 Å². The van der Waals surface area contributed by atoms with Crippen LogP contribution in [-0.2, 0) is 6.42 Å². The summed E-state index contributed by atoms with van der Waals surface area (Å²) in [5, 5.41) is 13.7. The molecule has 1 spiro atoms. The van der Waals surface area contributed by atoms with E-state index in [1.807, 2.05) is 12.1 Å². The van der Waals surface area contributed by atoms with Gasteiger partial charge in [-0.25, -0.2) is 0 Å². The Morgan fingerprint density at radius 3 is 2.23 bits per heavy atom. The van der Waals surface area contributed by atoms with Crippen LogP contribution in [0.15, 0.2) is 72.8 Å². The van der Waals surface area contributed by atoms with Crippen molar-refractivity contribution >= 4 is 16.8 Å². The average molecular weight is 465 g/mol. The zero-order chi connectivity index (χ0) is 23.7. The van der Waals surface area contributed by atoms with Crippen molar-refractivity contribution in [1.29, 1.82) is 0 Å². The summed E-state index contributed by atoms with van der Waals surface area (Å²) in [6, 6.07) is 26.1. The minimum atomic E-state index is 0.359. The lowest BCUT2D eigenvalue weighted by atomic mass is 9.71. The maximum Gasteiger partial charge on any atom is 0.115 e. The Bertz CT molecular complexity index is 1200. The molecule has 0 amide bonds. The van der Waals surface area contributed by atoms with E-state index in [1.165, 1.54) is 90.9 Å². The van der Waals surface area contributed by atoms with Crippen molar-refractivity contribution in [1.82, 2.24) is 5.32 Å². The zero-order valence-electron chi connectivity index (χ0n) is 20.6. The van der Waals surface area contributed by atoms with Crippen LogP contribution in [-0.4, -0.2) is 31.3 Å². The molecule has 3 aliphatic rings. The Labute approximate surface area is 209 Å². The molecule has 2 aliphatic heterocycles. The van der Waals surface area contributed by atoms with E-state index in [0.29, 0.717) is 11.2 Å². The Morgan fingerprint density at radius 1 is 0.743 bits per heavy atom. The lowest BCUT2D eigenvalue weighted by Gasteiger charge is -2.45. The Morgan fingerprint density at radius 2 is 1.49 bits per heavy atom. The average Bonchev–Trinajstić information content (AvgIpc) is 3.09. The van der Waals surface area contributed by atoms with Gasteiger partial charge in [-0.05, 0) is 121 Å². The van der Waals surface area contributed by atoms with Crippen LogP contribution < -0.4 is 10.2 Å². The number of hydrogen-bond acceptors (Lipinski definition) is 3. The third-order valence-electron chi connectivity index (χ3n) is 8.66. The molecule has 0 bridgehead atoms. The zero-order valence-corrected chi connectivity index (χ0v) is 20.6. The van der Waals surface area contributed by atoms with Crippen LogP contribution >= 0.6 is 0 Å². The summed E-state index contributed by atoms with van der Waals surface area (Å²) in [4.78, 5) is 2.59. The minimum Gasteiger partial charge on any atom is -0.508 e. The van der Waals surface area contributed by atoms with Crippen molar-refractivity contribution in [2.24, 2.45) is 5.41 Å². The number of hydrogen-bond donors (Lipinski definition) is 2. The van der Waals surface area contributed by atoms with Crippen molar-refractivity contribution in [3.05, 3.63) is 95.1 Å². The first-order chi connectivity index (χ1) is 17.2. The van der Waals surface area contributed by atoms with Gasteiger partial charge in [-0.15, -0.1) is 0 Å². The number of piperidine rings is 2.